The fourth-order valence-corrected chi connectivity index (χ4v) is 3.40. The first-order chi connectivity index (χ1) is 14.3. The van der Waals surface area contributed by atoms with Crippen LogP contribution in [0.25, 0.3) is 5.69 Å². The Labute approximate surface area is 169 Å². The maximum atomic E-state index is 12.6. The van der Waals surface area contributed by atoms with E-state index in [9.17, 15) is 4.79 Å². The van der Waals surface area contributed by atoms with E-state index in [0.29, 0.717) is 12.1 Å². The summed E-state index contributed by atoms with van der Waals surface area (Å²) in [6, 6.07) is 28.0. The molecular weight excluding hydrogens is 362 g/mol. The molecule has 6 heteroatoms. The lowest BCUT2D eigenvalue weighted by molar-refractivity contribution is 0.0952. The molecule has 4 rings (SSSR count). The van der Waals surface area contributed by atoms with E-state index in [1.807, 2.05) is 48.5 Å². The molecule has 3 aromatic carbocycles. The Bertz CT molecular complexity index is 1010. The molecule has 4 aromatic rings. The largest absolute Gasteiger partial charge is 0.352 e. The highest BCUT2D eigenvalue weighted by Gasteiger charge is 2.15. The highest BCUT2D eigenvalue weighted by molar-refractivity contribution is 5.94. The average Bonchev–Trinajstić information content (AvgIpc) is 3.33. The zero-order valence-electron chi connectivity index (χ0n) is 15.8. The van der Waals surface area contributed by atoms with Crippen molar-refractivity contribution in [3.05, 3.63) is 108 Å². The van der Waals surface area contributed by atoms with E-state index in [1.54, 1.807) is 12.1 Å². The van der Waals surface area contributed by atoms with Gasteiger partial charge in [0, 0.05) is 18.0 Å². The van der Waals surface area contributed by atoms with Crippen molar-refractivity contribution in [1.82, 2.24) is 25.5 Å². The minimum absolute atomic E-state index is 0.111. The van der Waals surface area contributed by atoms with Gasteiger partial charge in [-0.15, -0.1) is 5.10 Å². The Hall–Kier alpha value is -3.80. The van der Waals surface area contributed by atoms with Crippen molar-refractivity contribution in [3.8, 4) is 5.69 Å². The number of rotatable bonds is 7. The topological polar surface area (TPSA) is 72.7 Å². The van der Waals surface area contributed by atoms with Crippen LogP contribution in [-0.4, -0.2) is 32.7 Å². The third kappa shape index (κ3) is 4.55. The van der Waals surface area contributed by atoms with Crippen molar-refractivity contribution in [2.75, 3.05) is 6.54 Å². The van der Waals surface area contributed by atoms with E-state index in [4.69, 9.17) is 0 Å². The summed E-state index contributed by atoms with van der Waals surface area (Å²) in [7, 11) is 0. The lowest BCUT2D eigenvalue weighted by atomic mass is 9.88. The molecule has 0 aliphatic heterocycles. The summed E-state index contributed by atoms with van der Waals surface area (Å²) in [6.07, 6.45) is 2.31. The molecule has 0 bridgehead atoms. The molecule has 0 aliphatic rings. The quantitative estimate of drug-likeness (QED) is 0.529. The SMILES string of the molecule is O=C(NCCC(c1ccccc1)c1ccccc1)c1cccc(-n2cnnn2)c1. The second-order valence-electron chi connectivity index (χ2n) is 6.72. The van der Waals surface area contributed by atoms with Gasteiger partial charge in [0.15, 0.2) is 0 Å². The van der Waals surface area contributed by atoms with Crippen LogP contribution in [0.4, 0.5) is 0 Å². The van der Waals surface area contributed by atoms with Crippen LogP contribution in [0.15, 0.2) is 91.3 Å². The summed E-state index contributed by atoms with van der Waals surface area (Å²) >= 11 is 0. The molecule has 0 fully saturated rings. The van der Waals surface area contributed by atoms with E-state index in [-0.39, 0.29) is 11.8 Å². The normalized spacial score (nSPS) is 10.8. The molecule has 0 saturated heterocycles. The Morgan fingerprint density at radius 2 is 1.59 bits per heavy atom. The fraction of sp³-hybridized carbons (Fsp3) is 0.130. The van der Waals surface area contributed by atoms with E-state index < -0.39 is 0 Å². The molecule has 0 atom stereocenters. The minimum Gasteiger partial charge on any atom is -0.352 e. The van der Waals surface area contributed by atoms with Crippen LogP contribution in [0, 0.1) is 0 Å². The zero-order chi connectivity index (χ0) is 19.9. The molecule has 0 aliphatic carbocycles. The number of tetrazole rings is 1. The van der Waals surface area contributed by atoms with Crippen molar-refractivity contribution in [2.45, 2.75) is 12.3 Å². The summed E-state index contributed by atoms with van der Waals surface area (Å²) < 4.78 is 1.53. The predicted molar refractivity (Wildman–Crippen MR) is 111 cm³/mol. The van der Waals surface area contributed by atoms with Gasteiger partial charge in [0.25, 0.3) is 5.91 Å². The summed E-state index contributed by atoms with van der Waals surface area (Å²) in [6.45, 7) is 0.572. The Kier molecular flexibility index (Phi) is 5.71. The molecule has 1 aromatic heterocycles. The number of carbonyl (C=O) groups is 1. The smallest absolute Gasteiger partial charge is 0.251 e. The molecule has 0 radical (unpaired) electrons. The number of hydrogen-bond acceptors (Lipinski definition) is 4. The number of nitrogens with zero attached hydrogens (tertiary/aromatic N) is 4. The monoisotopic (exact) mass is 383 g/mol. The molecule has 1 amide bonds. The molecule has 1 heterocycles. The van der Waals surface area contributed by atoms with Crippen molar-refractivity contribution in [1.29, 1.82) is 0 Å². The van der Waals surface area contributed by atoms with E-state index >= 15 is 0 Å². The van der Waals surface area contributed by atoms with Gasteiger partial charge >= 0.3 is 0 Å². The van der Waals surface area contributed by atoms with Gasteiger partial charge in [-0.25, -0.2) is 4.68 Å². The third-order valence-corrected chi connectivity index (χ3v) is 4.84. The second kappa shape index (κ2) is 8.93. The molecule has 6 nitrogen and oxygen atoms in total. The predicted octanol–water partition coefficient (Wildman–Crippen LogP) is 3.61. The van der Waals surface area contributed by atoms with Crippen LogP contribution < -0.4 is 5.32 Å². The number of nitrogens with one attached hydrogen (secondary N) is 1. The lowest BCUT2D eigenvalue weighted by Gasteiger charge is -2.18. The van der Waals surface area contributed by atoms with Crippen LogP contribution in [0.2, 0.25) is 0 Å². The van der Waals surface area contributed by atoms with Gasteiger partial charge in [0.1, 0.15) is 6.33 Å². The lowest BCUT2D eigenvalue weighted by Crippen LogP contribution is -2.26. The number of hydrogen-bond donors (Lipinski definition) is 1. The van der Waals surface area contributed by atoms with Crippen molar-refractivity contribution < 1.29 is 4.79 Å². The standard InChI is InChI=1S/C23H21N5O/c29-23(20-12-7-13-21(16-20)28-17-25-26-27-28)24-15-14-22(18-8-3-1-4-9-18)19-10-5-2-6-11-19/h1-13,16-17,22H,14-15H2,(H,24,29). The van der Waals surface area contributed by atoms with Gasteiger partial charge in [0.2, 0.25) is 0 Å². The average molecular weight is 383 g/mol. The van der Waals surface area contributed by atoms with Crippen LogP contribution >= 0.6 is 0 Å². The van der Waals surface area contributed by atoms with Crippen molar-refractivity contribution >= 4 is 5.91 Å². The Balaban J connectivity index is 1.44. The van der Waals surface area contributed by atoms with Crippen LogP contribution in [0.1, 0.15) is 33.8 Å². The fourth-order valence-electron chi connectivity index (χ4n) is 3.40. The van der Waals surface area contributed by atoms with Gasteiger partial charge in [0.05, 0.1) is 5.69 Å². The number of benzene rings is 3. The summed E-state index contributed by atoms with van der Waals surface area (Å²) in [5.41, 5.74) is 3.81. The molecule has 0 spiro atoms. The zero-order valence-corrected chi connectivity index (χ0v) is 15.8. The van der Waals surface area contributed by atoms with Gasteiger partial charge in [-0.3, -0.25) is 4.79 Å². The molecular formula is C23H21N5O. The van der Waals surface area contributed by atoms with Gasteiger partial charge in [-0.1, -0.05) is 66.7 Å². The number of aromatic nitrogens is 4. The minimum atomic E-state index is -0.111. The molecule has 1 N–H and O–H groups in total. The number of amides is 1. The molecule has 0 unspecified atom stereocenters. The van der Waals surface area contributed by atoms with Crippen molar-refractivity contribution in [2.24, 2.45) is 0 Å². The highest BCUT2D eigenvalue weighted by Crippen LogP contribution is 2.27. The van der Waals surface area contributed by atoms with E-state index in [2.05, 4.69) is 45.1 Å². The molecule has 0 saturated carbocycles. The third-order valence-electron chi connectivity index (χ3n) is 4.84. The van der Waals surface area contributed by atoms with Gasteiger partial charge < -0.3 is 5.32 Å². The Morgan fingerprint density at radius 1 is 0.897 bits per heavy atom. The second-order valence-corrected chi connectivity index (χ2v) is 6.72. The van der Waals surface area contributed by atoms with Crippen molar-refractivity contribution in [3.63, 3.8) is 0 Å². The van der Waals surface area contributed by atoms with Crippen LogP contribution in [-0.2, 0) is 0 Å². The highest BCUT2D eigenvalue weighted by atomic mass is 16.1. The Morgan fingerprint density at radius 3 is 2.21 bits per heavy atom. The maximum absolute atomic E-state index is 12.6. The first-order valence-corrected chi connectivity index (χ1v) is 9.53. The number of carbonyl (C=O) groups excluding carboxylic acids is 1. The first-order valence-electron chi connectivity index (χ1n) is 9.53. The summed E-state index contributed by atoms with van der Waals surface area (Å²) in [4.78, 5) is 12.6. The molecule has 29 heavy (non-hydrogen) atoms. The van der Waals surface area contributed by atoms with Crippen LogP contribution in [0.3, 0.4) is 0 Å². The maximum Gasteiger partial charge on any atom is 0.251 e. The molecule has 144 valence electrons. The summed E-state index contributed by atoms with van der Waals surface area (Å²) in [5, 5.41) is 14.2. The van der Waals surface area contributed by atoms with Gasteiger partial charge in [-0.2, -0.15) is 0 Å². The van der Waals surface area contributed by atoms with E-state index in [0.717, 1.165) is 12.1 Å². The summed E-state index contributed by atoms with van der Waals surface area (Å²) in [5.74, 6) is 0.116. The van der Waals surface area contributed by atoms with E-state index in [1.165, 1.54) is 22.1 Å². The van der Waals surface area contributed by atoms with Crippen LogP contribution in [0.5, 0.6) is 0 Å². The first kappa shape index (κ1) is 18.6. The van der Waals surface area contributed by atoms with Gasteiger partial charge in [-0.05, 0) is 46.2 Å².